The van der Waals surface area contributed by atoms with Crippen molar-refractivity contribution in [2.75, 3.05) is 13.1 Å². The number of imidazole rings is 1. The molecule has 1 aromatic heterocycles. The molecule has 0 spiro atoms. The van der Waals surface area contributed by atoms with Gasteiger partial charge >= 0.3 is 0 Å². The summed E-state index contributed by atoms with van der Waals surface area (Å²) in [7, 11) is 0. The Bertz CT molecular complexity index is 711. The van der Waals surface area contributed by atoms with Crippen molar-refractivity contribution in [1.82, 2.24) is 14.5 Å². The fourth-order valence-corrected chi connectivity index (χ4v) is 3.15. The van der Waals surface area contributed by atoms with E-state index in [2.05, 4.69) is 61.8 Å². The first kappa shape index (κ1) is 11.3. The van der Waals surface area contributed by atoms with Gasteiger partial charge in [-0.3, -0.25) is 0 Å². The van der Waals surface area contributed by atoms with E-state index in [0.29, 0.717) is 0 Å². The van der Waals surface area contributed by atoms with Gasteiger partial charge in [-0.05, 0) is 30.4 Å². The van der Waals surface area contributed by atoms with Crippen LogP contribution in [0.15, 0.2) is 46.6 Å². The largest absolute Gasteiger partial charge is 0.369 e. The Kier molecular flexibility index (Phi) is 2.52. The molecule has 4 rings (SSSR count). The SMILES string of the molecule is Brc1ccc2nc3n(c2c1)CCN(C1=CC=C1)CC3. The molecular formula is C15H14BrN3. The molecule has 0 N–H and O–H groups in total. The summed E-state index contributed by atoms with van der Waals surface area (Å²) in [5, 5.41) is 0. The third-order valence-corrected chi connectivity index (χ3v) is 4.38. The zero-order valence-corrected chi connectivity index (χ0v) is 12.1. The Morgan fingerprint density at radius 2 is 2.05 bits per heavy atom. The van der Waals surface area contributed by atoms with Crippen LogP contribution in [0.3, 0.4) is 0 Å². The average molecular weight is 316 g/mol. The Hall–Kier alpha value is -1.55. The highest BCUT2D eigenvalue weighted by Crippen LogP contribution is 2.24. The van der Waals surface area contributed by atoms with Crippen LogP contribution in [-0.2, 0) is 13.0 Å². The van der Waals surface area contributed by atoms with Gasteiger partial charge in [0.15, 0.2) is 0 Å². The van der Waals surface area contributed by atoms with Crippen LogP contribution in [0.4, 0.5) is 0 Å². The van der Waals surface area contributed by atoms with E-state index in [9.17, 15) is 0 Å². The molecule has 2 heterocycles. The minimum Gasteiger partial charge on any atom is -0.369 e. The summed E-state index contributed by atoms with van der Waals surface area (Å²) in [6.07, 6.45) is 7.48. The summed E-state index contributed by atoms with van der Waals surface area (Å²) in [5.41, 5.74) is 3.70. The average Bonchev–Trinajstić information content (AvgIpc) is 2.54. The number of allylic oxidation sites excluding steroid dienone is 3. The van der Waals surface area contributed by atoms with E-state index in [1.807, 2.05) is 0 Å². The number of hydrogen-bond acceptors (Lipinski definition) is 2. The van der Waals surface area contributed by atoms with E-state index in [-0.39, 0.29) is 0 Å². The van der Waals surface area contributed by atoms with Gasteiger partial charge in [-0.15, -0.1) is 0 Å². The van der Waals surface area contributed by atoms with Crippen LogP contribution in [0.25, 0.3) is 11.0 Å². The summed E-state index contributed by atoms with van der Waals surface area (Å²) in [5.74, 6) is 1.21. The number of rotatable bonds is 1. The van der Waals surface area contributed by atoms with E-state index >= 15 is 0 Å². The lowest BCUT2D eigenvalue weighted by Gasteiger charge is -2.25. The number of nitrogens with zero attached hydrogens (tertiary/aromatic N) is 3. The van der Waals surface area contributed by atoms with Crippen molar-refractivity contribution in [3.8, 4) is 0 Å². The maximum absolute atomic E-state index is 4.77. The number of fused-ring (bicyclic) bond motifs is 3. The van der Waals surface area contributed by atoms with Crippen LogP contribution in [0.5, 0.6) is 0 Å². The van der Waals surface area contributed by atoms with Crippen LogP contribution in [0.1, 0.15) is 5.82 Å². The highest BCUT2D eigenvalue weighted by molar-refractivity contribution is 9.10. The van der Waals surface area contributed by atoms with Gasteiger partial charge in [-0.2, -0.15) is 0 Å². The van der Waals surface area contributed by atoms with Gasteiger partial charge in [0, 0.05) is 36.2 Å². The third-order valence-electron chi connectivity index (χ3n) is 3.89. The molecule has 0 saturated heterocycles. The van der Waals surface area contributed by atoms with Crippen molar-refractivity contribution < 1.29 is 0 Å². The zero-order chi connectivity index (χ0) is 12.8. The molecule has 0 fully saturated rings. The molecule has 0 saturated carbocycles. The van der Waals surface area contributed by atoms with Gasteiger partial charge in [0.25, 0.3) is 0 Å². The molecule has 4 heteroatoms. The summed E-state index contributed by atoms with van der Waals surface area (Å²) in [4.78, 5) is 7.21. The second kappa shape index (κ2) is 4.23. The van der Waals surface area contributed by atoms with Gasteiger partial charge in [0.2, 0.25) is 0 Å². The molecule has 1 aliphatic heterocycles. The van der Waals surface area contributed by atoms with Crippen molar-refractivity contribution in [3.05, 3.63) is 52.4 Å². The first-order valence-electron chi connectivity index (χ1n) is 6.59. The van der Waals surface area contributed by atoms with Crippen LogP contribution in [-0.4, -0.2) is 27.5 Å². The maximum atomic E-state index is 4.77. The van der Waals surface area contributed by atoms with E-state index in [1.165, 1.54) is 17.0 Å². The molecule has 19 heavy (non-hydrogen) atoms. The second-order valence-electron chi connectivity index (χ2n) is 5.00. The molecule has 1 aliphatic carbocycles. The number of hydrogen-bond donors (Lipinski definition) is 0. The molecule has 0 atom stereocenters. The molecule has 0 radical (unpaired) electrons. The fourth-order valence-electron chi connectivity index (χ4n) is 2.80. The molecule has 0 unspecified atom stereocenters. The number of benzene rings is 1. The Labute approximate surface area is 120 Å². The minimum absolute atomic E-state index is 1.01. The number of aromatic nitrogens is 2. The van der Waals surface area contributed by atoms with E-state index in [4.69, 9.17) is 4.98 Å². The Morgan fingerprint density at radius 1 is 1.16 bits per heavy atom. The predicted molar refractivity (Wildman–Crippen MR) is 79.9 cm³/mol. The molecule has 3 nitrogen and oxygen atoms in total. The first-order valence-corrected chi connectivity index (χ1v) is 7.38. The quantitative estimate of drug-likeness (QED) is 0.806. The summed E-state index contributed by atoms with van der Waals surface area (Å²) in [6, 6.07) is 6.32. The molecule has 2 aliphatic rings. The third kappa shape index (κ3) is 1.82. The fraction of sp³-hybridized carbons (Fsp3) is 0.267. The summed E-state index contributed by atoms with van der Waals surface area (Å²) < 4.78 is 3.48. The van der Waals surface area contributed by atoms with Crippen LogP contribution < -0.4 is 0 Å². The van der Waals surface area contributed by atoms with Gasteiger partial charge in [-0.25, -0.2) is 4.98 Å². The smallest absolute Gasteiger partial charge is 0.111 e. The van der Waals surface area contributed by atoms with Crippen molar-refractivity contribution in [1.29, 1.82) is 0 Å². The van der Waals surface area contributed by atoms with Gasteiger partial charge in [0.1, 0.15) is 5.82 Å². The summed E-state index contributed by atoms with van der Waals surface area (Å²) >= 11 is 3.55. The topological polar surface area (TPSA) is 21.1 Å². The molecule has 96 valence electrons. The highest BCUT2D eigenvalue weighted by Gasteiger charge is 2.19. The lowest BCUT2D eigenvalue weighted by atomic mass is 10.2. The molecule has 2 aromatic rings. The predicted octanol–water partition coefficient (Wildman–Crippen LogP) is 3.11. The van der Waals surface area contributed by atoms with Gasteiger partial charge in [0.05, 0.1) is 11.0 Å². The van der Waals surface area contributed by atoms with E-state index < -0.39 is 0 Å². The molecule has 1 aromatic carbocycles. The standard InChI is InChI=1S/C15H14BrN3/c16-11-4-5-13-14(10-11)19-9-8-18(12-2-1-3-12)7-6-15(19)17-13/h1-5,10H,6-9H2. The molecule has 0 bridgehead atoms. The van der Waals surface area contributed by atoms with Crippen molar-refractivity contribution in [2.45, 2.75) is 13.0 Å². The van der Waals surface area contributed by atoms with E-state index in [1.54, 1.807) is 0 Å². The first-order chi connectivity index (χ1) is 9.31. The lowest BCUT2D eigenvalue weighted by molar-refractivity contribution is 0.359. The maximum Gasteiger partial charge on any atom is 0.111 e. The normalized spacial score (nSPS) is 17.9. The van der Waals surface area contributed by atoms with Crippen LogP contribution in [0, 0.1) is 0 Å². The van der Waals surface area contributed by atoms with Gasteiger partial charge < -0.3 is 9.47 Å². The van der Waals surface area contributed by atoms with Gasteiger partial charge in [-0.1, -0.05) is 22.0 Å². The molecular weight excluding hydrogens is 302 g/mol. The van der Waals surface area contributed by atoms with Crippen LogP contribution in [0.2, 0.25) is 0 Å². The minimum atomic E-state index is 1.01. The lowest BCUT2D eigenvalue weighted by Crippen LogP contribution is -2.26. The van der Waals surface area contributed by atoms with Crippen molar-refractivity contribution >= 4 is 27.0 Å². The monoisotopic (exact) mass is 315 g/mol. The highest BCUT2D eigenvalue weighted by atomic mass is 79.9. The Balaban J connectivity index is 1.71. The number of halogens is 1. The molecule has 0 amide bonds. The van der Waals surface area contributed by atoms with Crippen molar-refractivity contribution in [3.63, 3.8) is 0 Å². The van der Waals surface area contributed by atoms with Crippen LogP contribution >= 0.6 is 15.9 Å². The second-order valence-corrected chi connectivity index (χ2v) is 5.92. The zero-order valence-electron chi connectivity index (χ0n) is 10.5. The Morgan fingerprint density at radius 3 is 2.84 bits per heavy atom. The van der Waals surface area contributed by atoms with E-state index in [0.717, 1.165) is 36.0 Å². The van der Waals surface area contributed by atoms with Crippen molar-refractivity contribution in [2.24, 2.45) is 0 Å². The summed E-state index contributed by atoms with van der Waals surface area (Å²) in [6.45, 7) is 3.12.